The lowest BCUT2D eigenvalue weighted by Crippen LogP contribution is -2.33. The van der Waals surface area contributed by atoms with Gasteiger partial charge in [-0.2, -0.15) is 0 Å². The summed E-state index contributed by atoms with van der Waals surface area (Å²) in [6.45, 7) is 0.841. The molecular weight excluding hydrogens is 235 g/mol. The van der Waals surface area contributed by atoms with Gasteiger partial charge in [-0.3, -0.25) is 4.79 Å². The lowest BCUT2D eigenvalue weighted by molar-refractivity contribution is -0.123. The summed E-state index contributed by atoms with van der Waals surface area (Å²) in [5.74, 6) is -0.344. The largest absolute Gasteiger partial charge is 0.380 e. The van der Waals surface area contributed by atoms with Crippen LogP contribution in [0.5, 0.6) is 0 Å². The summed E-state index contributed by atoms with van der Waals surface area (Å²) in [4.78, 5) is 11.5. The molecule has 0 bridgehead atoms. The van der Waals surface area contributed by atoms with Gasteiger partial charge in [-0.25, -0.2) is 4.39 Å². The van der Waals surface area contributed by atoms with Crippen molar-refractivity contribution in [2.45, 2.75) is 18.9 Å². The van der Waals surface area contributed by atoms with Crippen LogP contribution in [0.25, 0.3) is 0 Å². The number of methoxy groups -OCH3 is 1. The van der Waals surface area contributed by atoms with Crippen LogP contribution >= 0.6 is 0 Å². The van der Waals surface area contributed by atoms with Crippen molar-refractivity contribution >= 4 is 5.91 Å². The zero-order valence-corrected chi connectivity index (χ0v) is 10.5. The number of benzene rings is 1. The van der Waals surface area contributed by atoms with Gasteiger partial charge in [0, 0.05) is 20.2 Å². The van der Waals surface area contributed by atoms with Gasteiger partial charge in [0.2, 0.25) is 5.91 Å². The van der Waals surface area contributed by atoms with Gasteiger partial charge in [-0.1, -0.05) is 12.1 Å². The van der Waals surface area contributed by atoms with Crippen molar-refractivity contribution in [2.75, 3.05) is 20.2 Å². The third-order valence-electron chi connectivity index (χ3n) is 2.66. The van der Waals surface area contributed by atoms with Crippen LogP contribution in [0.1, 0.15) is 12.0 Å². The van der Waals surface area contributed by atoms with E-state index in [4.69, 9.17) is 10.5 Å². The molecule has 1 atom stereocenters. The summed E-state index contributed by atoms with van der Waals surface area (Å²) in [5.41, 5.74) is 6.41. The summed E-state index contributed by atoms with van der Waals surface area (Å²) < 4.78 is 17.7. The normalized spacial score (nSPS) is 12.2. The van der Waals surface area contributed by atoms with Crippen molar-refractivity contribution in [1.29, 1.82) is 0 Å². The summed E-state index contributed by atoms with van der Waals surface area (Å²) >= 11 is 0. The van der Waals surface area contributed by atoms with E-state index in [0.717, 1.165) is 5.56 Å². The fraction of sp³-hybridized carbons (Fsp3) is 0.462. The lowest BCUT2D eigenvalue weighted by atomic mass is 10.1. The molecule has 1 rings (SSSR count). The van der Waals surface area contributed by atoms with Crippen LogP contribution in [0.3, 0.4) is 0 Å². The zero-order valence-electron chi connectivity index (χ0n) is 10.5. The van der Waals surface area contributed by atoms with Crippen molar-refractivity contribution in [1.82, 2.24) is 5.32 Å². The smallest absolute Gasteiger partial charge is 0.222 e. The van der Waals surface area contributed by atoms with Crippen molar-refractivity contribution in [2.24, 2.45) is 5.73 Å². The Balaban J connectivity index is 2.25. The molecule has 0 aliphatic heterocycles. The Kier molecular flexibility index (Phi) is 6.32. The molecule has 4 nitrogen and oxygen atoms in total. The second-order valence-electron chi connectivity index (χ2n) is 4.02. The van der Waals surface area contributed by atoms with E-state index in [9.17, 15) is 9.18 Å². The van der Waals surface area contributed by atoms with Gasteiger partial charge in [0.15, 0.2) is 0 Å². The van der Waals surface area contributed by atoms with Gasteiger partial charge in [0.25, 0.3) is 0 Å². The minimum absolute atomic E-state index is 0.0885. The van der Waals surface area contributed by atoms with E-state index in [-0.39, 0.29) is 24.2 Å². The number of hydrogen-bond donors (Lipinski definition) is 2. The van der Waals surface area contributed by atoms with Gasteiger partial charge in [0.05, 0.1) is 12.5 Å². The summed E-state index contributed by atoms with van der Waals surface area (Å²) in [6.07, 6.45) is 0.693. The van der Waals surface area contributed by atoms with E-state index in [1.165, 1.54) is 19.2 Å². The number of nitrogens with two attached hydrogens (primary N) is 1. The van der Waals surface area contributed by atoms with Crippen LogP contribution in [-0.2, 0) is 16.0 Å². The van der Waals surface area contributed by atoms with Crippen LogP contribution in [0, 0.1) is 5.82 Å². The monoisotopic (exact) mass is 254 g/mol. The summed E-state index contributed by atoms with van der Waals surface area (Å²) in [5, 5.41) is 2.78. The number of carbonyl (C=O) groups excluding carboxylic acids is 1. The lowest BCUT2D eigenvalue weighted by Gasteiger charge is -2.12. The predicted octanol–water partition coefficient (Wildman–Crippen LogP) is 0.848. The second-order valence-corrected chi connectivity index (χ2v) is 4.02. The first-order valence-corrected chi connectivity index (χ1v) is 5.89. The van der Waals surface area contributed by atoms with E-state index in [2.05, 4.69) is 5.32 Å². The molecule has 0 aromatic heterocycles. The zero-order chi connectivity index (χ0) is 13.4. The first-order valence-electron chi connectivity index (χ1n) is 5.89. The molecule has 0 saturated carbocycles. The molecule has 0 aliphatic rings. The second kappa shape index (κ2) is 7.79. The average molecular weight is 254 g/mol. The Labute approximate surface area is 106 Å². The molecular formula is C13H19FN2O2. The molecule has 0 spiro atoms. The van der Waals surface area contributed by atoms with E-state index in [1.807, 2.05) is 0 Å². The molecule has 1 aromatic carbocycles. The number of ether oxygens (including phenoxy) is 1. The van der Waals surface area contributed by atoms with Crippen LogP contribution in [0.4, 0.5) is 4.39 Å². The standard InChI is InChI=1S/C13H19FN2O2/c1-18-12(9-15)8-13(17)16-7-6-10-2-4-11(14)5-3-10/h2-5,12H,6-9,15H2,1H3,(H,16,17). The molecule has 0 radical (unpaired) electrons. The topological polar surface area (TPSA) is 64.3 Å². The number of halogens is 1. The highest BCUT2D eigenvalue weighted by Gasteiger charge is 2.10. The van der Waals surface area contributed by atoms with E-state index >= 15 is 0 Å². The van der Waals surface area contributed by atoms with Crippen molar-refractivity contribution < 1.29 is 13.9 Å². The molecule has 1 unspecified atom stereocenters. The maximum absolute atomic E-state index is 12.7. The first kappa shape index (κ1) is 14.6. The molecule has 1 aromatic rings. The third kappa shape index (κ3) is 5.25. The fourth-order valence-corrected chi connectivity index (χ4v) is 1.54. The molecule has 5 heteroatoms. The van der Waals surface area contributed by atoms with Crippen LogP contribution in [0.15, 0.2) is 24.3 Å². The van der Waals surface area contributed by atoms with Crippen LogP contribution in [0.2, 0.25) is 0 Å². The minimum atomic E-state index is -0.256. The molecule has 0 aliphatic carbocycles. The van der Waals surface area contributed by atoms with Crippen molar-refractivity contribution in [3.05, 3.63) is 35.6 Å². The van der Waals surface area contributed by atoms with Crippen LogP contribution in [-0.4, -0.2) is 32.2 Å². The fourth-order valence-electron chi connectivity index (χ4n) is 1.54. The molecule has 18 heavy (non-hydrogen) atoms. The van der Waals surface area contributed by atoms with Crippen LogP contribution < -0.4 is 11.1 Å². The Hall–Kier alpha value is -1.46. The third-order valence-corrected chi connectivity index (χ3v) is 2.66. The van der Waals surface area contributed by atoms with E-state index < -0.39 is 0 Å². The maximum Gasteiger partial charge on any atom is 0.222 e. The highest BCUT2D eigenvalue weighted by molar-refractivity contribution is 5.76. The highest BCUT2D eigenvalue weighted by atomic mass is 19.1. The van der Waals surface area contributed by atoms with Gasteiger partial charge >= 0.3 is 0 Å². The van der Waals surface area contributed by atoms with Gasteiger partial charge in [-0.05, 0) is 24.1 Å². The Morgan fingerprint density at radius 3 is 2.67 bits per heavy atom. The van der Waals surface area contributed by atoms with E-state index in [1.54, 1.807) is 12.1 Å². The van der Waals surface area contributed by atoms with Crippen molar-refractivity contribution in [3.8, 4) is 0 Å². The number of amides is 1. The molecule has 100 valence electrons. The van der Waals surface area contributed by atoms with E-state index in [0.29, 0.717) is 19.5 Å². The molecule has 1 amide bonds. The maximum atomic E-state index is 12.7. The number of nitrogens with one attached hydrogen (secondary N) is 1. The summed E-state index contributed by atoms with van der Waals surface area (Å²) in [6, 6.07) is 6.23. The molecule has 0 saturated heterocycles. The Morgan fingerprint density at radius 2 is 2.11 bits per heavy atom. The van der Waals surface area contributed by atoms with Gasteiger partial charge < -0.3 is 15.8 Å². The molecule has 3 N–H and O–H groups in total. The SMILES string of the molecule is COC(CN)CC(=O)NCCc1ccc(F)cc1. The minimum Gasteiger partial charge on any atom is -0.380 e. The molecule has 0 fully saturated rings. The number of hydrogen-bond acceptors (Lipinski definition) is 3. The summed E-state index contributed by atoms with van der Waals surface area (Å²) in [7, 11) is 1.53. The highest BCUT2D eigenvalue weighted by Crippen LogP contribution is 2.03. The number of rotatable bonds is 7. The quantitative estimate of drug-likeness (QED) is 0.758. The average Bonchev–Trinajstić information content (AvgIpc) is 2.38. The predicted molar refractivity (Wildman–Crippen MR) is 67.6 cm³/mol. The number of carbonyl (C=O) groups is 1. The van der Waals surface area contributed by atoms with Crippen molar-refractivity contribution in [3.63, 3.8) is 0 Å². The Morgan fingerprint density at radius 1 is 1.44 bits per heavy atom. The first-order chi connectivity index (χ1) is 8.65. The molecule has 0 heterocycles. The van der Waals surface area contributed by atoms with Gasteiger partial charge in [-0.15, -0.1) is 0 Å². The van der Waals surface area contributed by atoms with Gasteiger partial charge in [0.1, 0.15) is 5.82 Å². The Bertz CT molecular complexity index is 364.